The Labute approximate surface area is 184 Å². The van der Waals surface area contributed by atoms with Gasteiger partial charge in [0.15, 0.2) is 5.15 Å². The number of aryl methyl sites for hydroxylation is 1. The van der Waals surface area contributed by atoms with Crippen molar-refractivity contribution in [3.63, 3.8) is 0 Å². The molecule has 0 aliphatic heterocycles. The van der Waals surface area contributed by atoms with Gasteiger partial charge in [0.2, 0.25) is 7.26 Å². The van der Waals surface area contributed by atoms with Crippen molar-refractivity contribution in [1.82, 2.24) is 30.2 Å². The maximum atomic E-state index is 8.08. The molecule has 4 aromatic rings. The molecule has 2 aromatic carbocycles. The number of benzene rings is 2. The van der Waals surface area contributed by atoms with Crippen molar-refractivity contribution < 1.29 is 7.85 Å². The minimum atomic E-state index is -2.38. The van der Waals surface area contributed by atoms with Crippen molar-refractivity contribution in [1.29, 1.82) is 1.43 Å². The van der Waals surface area contributed by atoms with Crippen molar-refractivity contribution in [3.05, 3.63) is 70.8 Å². The number of aromatic nitrogens is 6. The van der Waals surface area contributed by atoms with Crippen molar-refractivity contribution >= 4 is 11.6 Å². The molecule has 0 spiro atoms. The second kappa shape index (κ2) is 9.19. The first-order valence-electron chi connectivity index (χ1n) is 11.2. The summed E-state index contributed by atoms with van der Waals surface area (Å²) in [4.78, 5) is 4.37. The molecule has 2 N–H and O–H groups in total. The largest absolute Gasteiger partial charge is 0.390 e. The van der Waals surface area contributed by atoms with Crippen molar-refractivity contribution in [2.24, 2.45) is 0 Å². The average Bonchev–Trinajstić information content (AvgIpc) is 3.46. The predicted molar refractivity (Wildman–Crippen MR) is 116 cm³/mol. The molecule has 0 amide bonds. The molecule has 0 aliphatic carbocycles. The first-order chi connectivity index (χ1) is 15.9. The van der Waals surface area contributed by atoms with E-state index < -0.39 is 6.56 Å². The number of unbranched alkanes of at least 4 members (excludes halogenated alkanes) is 1. The van der Waals surface area contributed by atoms with Gasteiger partial charge in [0.05, 0.1) is 15.0 Å². The van der Waals surface area contributed by atoms with E-state index in [1.807, 2.05) is 48.5 Å². The number of halogens is 1. The number of rotatable bonds is 9. The number of tetrazole rings is 1. The Balaban J connectivity index is 1.67. The van der Waals surface area contributed by atoms with Crippen LogP contribution in [0.4, 0.5) is 0 Å². The number of aromatic amines is 1. The molecule has 0 atom stereocenters. The lowest BCUT2D eigenvalue weighted by molar-refractivity contribution is 0.271. The first-order valence-corrected chi connectivity index (χ1v) is 10.1. The van der Waals surface area contributed by atoms with Crippen LogP contribution in [0.3, 0.4) is 0 Å². The highest BCUT2D eigenvalue weighted by molar-refractivity contribution is 6.30. The van der Waals surface area contributed by atoms with E-state index in [1.54, 1.807) is 4.57 Å². The summed E-state index contributed by atoms with van der Waals surface area (Å²) < 4.78 is 25.1. The number of nitrogens with one attached hydrogen (secondary N) is 1. The summed E-state index contributed by atoms with van der Waals surface area (Å²) in [6, 6.07) is 15.8. The zero-order chi connectivity index (χ0) is 23.4. The molecule has 0 bridgehead atoms. The Hall–Kier alpha value is -3.03. The molecule has 8 heteroatoms. The molecule has 2 heterocycles. The van der Waals surface area contributed by atoms with Crippen LogP contribution in [0.2, 0.25) is 5.15 Å². The molecule has 4 rings (SSSR count). The highest BCUT2D eigenvalue weighted by Gasteiger charge is 2.16. The van der Waals surface area contributed by atoms with Crippen LogP contribution in [0.15, 0.2) is 48.5 Å². The normalized spacial score (nSPS) is 13.1. The van der Waals surface area contributed by atoms with Gasteiger partial charge in [-0.2, -0.15) is 5.21 Å². The van der Waals surface area contributed by atoms with Crippen LogP contribution in [0, 0.1) is 0 Å². The van der Waals surface area contributed by atoms with E-state index in [1.165, 1.54) is 0 Å². The molecule has 7 nitrogen and oxygen atoms in total. The standard InChI is InChI=1S/C22H23ClN6O/c1-2-3-8-20-24-21(23)19(14-30)29(20)13-15-9-11-16(12-10-15)17-6-4-5-7-18(17)22-25-27-28-26-22/h4-7,9-12,30H,2-3,8,13-14H2,1H3,(H,25,26,27,28)/i14D2,30D. The zero-order valence-corrected chi connectivity index (χ0v) is 17.2. The second-order valence-electron chi connectivity index (χ2n) is 6.94. The third-order valence-electron chi connectivity index (χ3n) is 4.97. The molecule has 30 heavy (non-hydrogen) atoms. The molecular formula is C22H23ClN6O. The van der Waals surface area contributed by atoms with Crippen LogP contribution in [0.5, 0.6) is 0 Å². The maximum absolute atomic E-state index is 8.08. The van der Waals surface area contributed by atoms with Crippen LogP contribution >= 0.6 is 11.6 Å². The lowest BCUT2D eigenvalue weighted by atomic mass is 9.98. The Morgan fingerprint density at radius 3 is 2.67 bits per heavy atom. The quantitative estimate of drug-likeness (QED) is 0.417. The fourth-order valence-corrected chi connectivity index (χ4v) is 3.68. The third-order valence-corrected chi connectivity index (χ3v) is 5.24. The van der Waals surface area contributed by atoms with Gasteiger partial charge in [-0.15, -0.1) is 10.2 Å². The Kier molecular flexibility index (Phi) is 5.13. The first kappa shape index (κ1) is 16.7. The van der Waals surface area contributed by atoms with E-state index in [0.717, 1.165) is 35.1 Å². The van der Waals surface area contributed by atoms with Crippen molar-refractivity contribution in [3.8, 4) is 22.5 Å². The van der Waals surface area contributed by atoms with Gasteiger partial charge in [0.1, 0.15) is 5.82 Å². The molecular weight excluding hydrogens is 400 g/mol. The van der Waals surface area contributed by atoms with Gasteiger partial charge in [-0.3, -0.25) is 0 Å². The van der Waals surface area contributed by atoms with Crippen molar-refractivity contribution in [2.45, 2.75) is 39.3 Å². The molecule has 0 radical (unpaired) electrons. The van der Waals surface area contributed by atoms with Crippen molar-refractivity contribution in [2.75, 3.05) is 0 Å². The zero-order valence-electron chi connectivity index (χ0n) is 19.5. The summed E-state index contributed by atoms with van der Waals surface area (Å²) >= 11 is 6.28. The monoisotopic (exact) mass is 425 g/mol. The van der Waals surface area contributed by atoms with E-state index >= 15 is 0 Å². The molecule has 0 saturated heterocycles. The average molecular weight is 426 g/mol. The highest BCUT2D eigenvalue weighted by atomic mass is 35.5. The Bertz CT molecular complexity index is 1210. The highest BCUT2D eigenvalue weighted by Crippen LogP contribution is 2.30. The summed E-state index contributed by atoms with van der Waals surface area (Å²) in [7, 11) is 0. The summed E-state index contributed by atoms with van der Waals surface area (Å²) in [5, 5.41) is 18.7. The predicted octanol–water partition coefficient (Wildman–Crippen LogP) is 4.27. The second-order valence-corrected chi connectivity index (χ2v) is 7.30. The van der Waals surface area contributed by atoms with Gasteiger partial charge >= 0.3 is 0 Å². The van der Waals surface area contributed by atoms with Crippen LogP contribution in [-0.2, 0) is 19.5 Å². The molecule has 154 valence electrons. The molecule has 0 saturated carbocycles. The Morgan fingerprint density at radius 1 is 1.17 bits per heavy atom. The van der Waals surface area contributed by atoms with E-state index in [9.17, 15) is 0 Å². The van der Waals surface area contributed by atoms with Crippen LogP contribution in [0.25, 0.3) is 22.5 Å². The number of hydrogen-bond acceptors (Lipinski definition) is 5. The Morgan fingerprint density at radius 2 is 1.97 bits per heavy atom. The van der Waals surface area contributed by atoms with E-state index in [0.29, 0.717) is 24.6 Å². The van der Waals surface area contributed by atoms with E-state index in [-0.39, 0.29) is 10.8 Å². The SMILES string of the molecule is [2H]OC([2H])([2H])c1c(Cl)nc(CCCC)n1Cc1ccc(-c2ccccc2-c2nn[nH]n2)cc1. The minimum Gasteiger partial charge on any atom is -0.390 e. The lowest BCUT2D eigenvalue weighted by Gasteiger charge is -2.12. The topological polar surface area (TPSA) is 92.5 Å². The van der Waals surface area contributed by atoms with E-state index in [4.69, 9.17) is 15.8 Å². The summed E-state index contributed by atoms with van der Waals surface area (Å²) in [5.41, 5.74) is 3.81. The van der Waals surface area contributed by atoms with Gasteiger partial charge in [-0.05, 0) is 28.3 Å². The van der Waals surface area contributed by atoms with E-state index in [2.05, 4.69) is 37.6 Å². The fraction of sp³-hybridized carbons (Fsp3) is 0.273. The summed E-state index contributed by atoms with van der Waals surface area (Å²) in [5.74, 6) is 1.19. The number of hydrogen-bond donors (Lipinski definition) is 2. The van der Waals surface area contributed by atoms with Crippen LogP contribution in [-0.4, -0.2) is 36.7 Å². The fourth-order valence-electron chi connectivity index (χ4n) is 3.44. The lowest BCUT2D eigenvalue weighted by Crippen LogP contribution is -2.09. The number of aliphatic hydroxyl groups is 1. The smallest absolute Gasteiger partial charge is 0.211 e. The van der Waals surface area contributed by atoms with Crippen LogP contribution < -0.4 is 0 Å². The van der Waals surface area contributed by atoms with Crippen LogP contribution in [0.1, 0.15) is 39.6 Å². The summed E-state index contributed by atoms with van der Waals surface area (Å²) in [6.45, 7) is 0.0505. The van der Waals surface area contributed by atoms with Gasteiger partial charge in [-0.25, -0.2) is 4.98 Å². The molecule has 2 aromatic heterocycles. The van der Waals surface area contributed by atoms with Gasteiger partial charge < -0.3 is 9.68 Å². The third kappa shape index (κ3) is 4.13. The molecule has 0 fully saturated rings. The minimum absolute atomic E-state index is 0.0176. The molecule has 0 unspecified atom stereocenters. The number of imidazole rings is 1. The van der Waals surface area contributed by atoms with Gasteiger partial charge in [-0.1, -0.05) is 73.5 Å². The number of H-pyrrole nitrogens is 1. The number of nitrogens with zero attached hydrogens (tertiary/aromatic N) is 5. The summed E-state index contributed by atoms with van der Waals surface area (Å²) in [6.07, 6.45) is 2.51. The van der Waals surface area contributed by atoms with Gasteiger partial charge in [0.25, 0.3) is 0 Å². The molecule has 0 aliphatic rings. The maximum Gasteiger partial charge on any atom is 0.211 e. The van der Waals surface area contributed by atoms with Gasteiger partial charge in [0, 0.05) is 18.5 Å².